The zero-order chi connectivity index (χ0) is 19.4. The number of rotatable bonds is 6. The van der Waals surface area contributed by atoms with E-state index in [9.17, 15) is 26.4 Å². The van der Waals surface area contributed by atoms with Crippen LogP contribution in [0, 0.1) is 0 Å². The van der Waals surface area contributed by atoms with Crippen LogP contribution in [-0.2, 0) is 14.6 Å². The van der Waals surface area contributed by atoms with E-state index in [1.165, 1.54) is 36.4 Å². The molecule has 0 aromatic heterocycles. The van der Waals surface area contributed by atoms with Crippen LogP contribution in [0.1, 0.15) is 0 Å². The monoisotopic (exact) mass is 388 g/mol. The SMILES string of the molecule is CS(=O)(=O)c1ccc(NC(=O)CNc2cccc(OC(F)(F)F)c2)cc1. The molecule has 0 bridgehead atoms. The summed E-state index contributed by atoms with van der Waals surface area (Å²) in [6.07, 6.45) is -3.73. The molecule has 0 aliphatic carbocycles. The maximum absolute atomic E-state index is 12.2. The summed E-state index contributed by atoms with van der Waals surface area (Å²) in [5.41, 5.74) is 0.660. The standard InChI is InChI=1S/C16H15F3N2O4S/c1-26(23,24)14-7-5-11(6-8-14)21-15(22)10-20-12-3-2-4-13(9-12)25-16(17,18)19/h2-9,20H,10H2,1H3,(H,21,22). The van der Waals surface area contributed by atoms with Crippen molar-refractivity contribution in [1.29, 1.82) is 0 Å². The van der Waals surface area contributed by atoms with Crippen molar-refractivity contribution in [2.75, 3.05) is 23.4 Å². The van der Waals surface area contributed by atoms with E-state index in [1.807, 2.05) is 0 Å². The van der Waals surface area contributed by atoms with Crippen LogP contribution in [0.4, 0.5) is 24.5 Å². The third-order valence-corrected chi connectivity index (χ3v) is 4.22. The Hall–Kier alpha value is -2.75. The highest BCUT2D eigenvalue weighted by molar-refractivity contribution is 7.90. The number of anilines is 2. The van der Waals surface area contributed by atoms with Gasteiger partial charge in [0.05, 0.1) is 11.4 Å². The number of ether oxygens (including phenoxy) is 1. The Morgan fingerprint density at radius 1 is 1.08 bits per heavy atom. The molecule has 0 atom stereocenters. The molecule has 0 radical (unpaired) electrons. The lowest BCUT2D eigenvalue weighted by molar-refractivity contribution is -0.274. The van der Waals surface area contributed by atoms with Crippen LogP contribution in [0.2, 0.25) is 0 Å². The number of carbonyl (C=O) groups excluding carboxylic acids is 1. The van der Waals surface area contributed by atoms with Crippen molar-refractivity contribution < 1.29 is 31.1 Å². The molecule has 6 nitrogen and oxygen atoms in total. The normalized spacial score (nSPS) is 11.7. The molecule has 0 saturated carbocycles. The summed E-state index contributed by atoms with van der Waals surface area (Å²) in [5, 5.41) is 5.21. The lowest BCUT2D eigenvalue weighted by Gasteiger charge is -2.11. The number of halogens is 3. The molecule has 0 fully saturated rings. The predicted octanol–water partition coefficient (Wildman–Crippen LogP) is 3.04. The van der Waals surface area contributed by atoms with Crippen LogP contribution in [0.5, 0.6) is 5.75 Å². The first-order valence-corrected chi connectivity index (χ1v) is 9.12. The smallest absolute Gasteiger partial charge is 0.406 e. The number of benzene rings is 2. The third-order valence-electron chi connectivity index (χ3n) is 3.09. The molecule has 2 aromatic rings. The number of hydrogen-bond acceptors (Lipinski definition) is 5. The summed E-state index contributed by atoms with van der Waals surface area (Å²) in [4.78, 5) is 12.0. The van der Waals surface area contributed by atoms with E-state index in [0.717, 1.165) is 18.4 Å². The molecule has 2 aromatic carbocycles. The van der Waals surface area contributed by atoms with Crippen LogP contribution in [0.25, 0.3) is 0 Å². The Balaban J connectivity index is 1.92. The average Bonchev–Trinajstić information content (AvgIpc) is 2.51. The number of alkyl halides is 3. The lowest BCUT2D eigenvalue weighted by Crippen LogP contribution is -2.22. The van der Waals surface area contributed by atoms with Gasteiger partial charge in [-0.25, -0.2) is 8.42 Å². The second kappa shape index (κ2) is 7.65. The lowest BCUT2D eigenvalue weighted by atomic mass is 10.3. The molecule has 0 unspecified atom stereocenters. The van der Waals surface area contributed by atoms with E-state index in [1.54, 1.807) is 0 Å². The van der Waals surface area contributed by atoms with Crippen LogP contribution in [0.15, 0.2) is 53.4 Å². The van der Waals surface area contributed by atoms with Crippen molar-refractivity contribution in [2.24, 2.45) is 0 Å². The summed E-state index contributed by atoms with van der Waals surface area (Å²) in [7, 11) is -3.33. The Morgan fingerprint density at radius 2 is 1.73 bits per heavy atom. The highest BCUT2D eigenvalue weighted by Crippen LogP contribution is 2.25. The van der Waals surface area contributed by atoms with Gasteiger partial charge < -0.3 is 15.4 Å². The minimum Gasteiger partial charge on any atom is -0.406 e. The molecule has 0 aliphatic heterocycles. The molecule has 140 valence electrons. The van der Waals surface area contributed by atoms with Gasteiger partial charge in [0.25, 0.3) is 0 Å². The molecule has 2 rings (SSSR count). The van der Waals surface area contributed by atoms with Gasteiger partial charge in [-0.1, -0.05) is 6.07 Å². The van der Waals surface area contributed by atoms with E-state index in [4.69, 9.17) is 0 Å². The highest BCUT2D eigenvalue weighted by atomic mass is 32.2. The Labute approximate surface area is 147 Å². The maximum atomic E-state index is 12.2. The molecular weight excluding hydrogens is 373 g/mol. The summed E-state index contributed by atoms with van der Waals surface area (Å²) in [6.45, 7) is -0.205. The van der Waals surface area contributed by atoms with E-state index in [-0.39, 0.29) is 17.1 Å². The maximum Gasteiger partial charge on any atom is 0.573 e. The van der Waals surface area contributed by atoms with Gasteiger partial charge in [-0.3, -0.25) is 4.79 Å². The van der Waals surface area contributed by atoms with Crippen molar-refractivity contribution in [3.05, 3.63) is 48.5 Å². The number of carbonyl (C=O) groups is 1. The minimum absolute atomic E-state index is 0.120. The molecule has 0 spiro atoms. The van der Waals surface area contributed by atoms with Crippen molar-refractivity contribution in [3.63, 3.8) is 0 Å². The van der Waals surface area contributed by atoms with Gasteiger partial charge in [-0.05, 0) is 36.4 Å². The predicted molar refractivity (Wildman–Crippen MR) is 89.8 cm³/mol. The summed E-state index contributed by atoms with van der Waals surface area (Å²) >= 11 is 0. The molecule has 2 N–H and O–H groups in total. The fourth-order valence-corrected chi connectivity index (χ4v) is 2.61. The fourth-order valence-electron chi connectivity index (χ4n) is 1.98. The molecule has 0 saturated heterocycles. The van der Waals surface area contributed by atoms with Crippen molar-refractivity contribution in [2.45, 2.75) is 11.3 Å². The van der Waals surface area contributed by atoms with Crippen molar-refractivity contribution >= 4 is 27.1 Å². The zero-order valence-electron chi connectivity index (χ0n) is 13.5. The largest absolute Gasteiger partial charge is 0.573 e. The van der Waals surface area contributed by atoms with E-state index in [2.05, 4.69) is 15.4 Å². The van der Waals surface area contributed by atoms with Crippen LogP contribution in [-0.4, -0.2) is 33.5 Å². The molecule has 10 heteroatoms. The van der Waals surface area contributed by atoms with Gasteiger partial charge >= 0.3 is 6.36 Å². The van der Waals surface area contributed by atoms with Gasteiger partial charge in [0.1, 0.15) is 5.75 Å². The topological polar surface area (TPSA) is 84.5 Å². The fraction of sp³-hybridized carbons (Fsp3) is 0.188. The zero-order valence-corrected chi connectivity index (χ0v) is 14.3. The summed E-state index contributed by atoms with van der Waals surface area (Å²) in [5.74, 6) is -0.862. The summed E-state index contributed by atoms with van der Waals surface area (Å²) in [6, 6.07) is 10.7. The number of nitrogens with one attached hydrogen (secondary N) is 2. The molecule has 0 heterocycles. The van der Waals surface area contributed by atoms with Gasteiger partial charge in [0.15, 0.2) is 9.84 Å². The average molecular weight is 388 g/mol. The molecular formula is C16H15F3N2O4S. The second-order valence-corrected chi connectivity index (χ2v) is 7.29. The van der Waals surface area contributed by atoms with Gasteiger partial charge in [-0.15, -0.1) is 13.2 Å². The van der Waals surface area contributed by atoms with Gasteiger partial charge in [-0.2, -0.15) is 0 Å². The first-order chi connectivity index (χ1) is 12.0. The van der Waals surface area contributed by atoms with E-state index >= 15 is 0 Å². The van der Waals surface area contributed by atoms with Gasteiger partial charge in [0.2, 0.25) is 5.91 Å². The number of amides is 1. The highest BCUT2D eigenvalue weighted by Gasteiger charge is 2.31. The Bertz CT molecular complexity index is 881. The Kier molecular flexibility index (Phi) is 5.76. The first-order valence-electron chi connectivity index (χ1n) is 7.22. The molecule has 0 aliphatic rings. The molecule has 1 amide bonds. The third kappa shape index (κ3) is 6.28. The van der Waals surface area contributed by atoms with Gasteiger partial charge in [0, 0.05) is 23.7 Å². The van der Waals surface area contributed by atoms with Crippen molar-refractivity contribution in [1.82, 2.24) is 0 Å². The van der Waals surface area contributed by atoms with Crippen LogP contribution in [0.3, 0.4) is 0 Å². The van der Waals surface area contributed by atoms with E-state index in [0.29, 0.717) is 5.69 Å². The van der Waals surface area contributed by atoms with Crippen LogP contribution >= 0.6 is 0 Å². The minimum atomic E-state index is -4.80. The Morgan fingerprint density at radius 3 is 2.31 bits per heavy atom. The first kappa shape index (κ1) is 19.6. The number of hydrogen-bond donors (Lipinski definition) is 2. The quantitative estimate of drug-likeness (QED) is 0.795. The van der Waals surface area contributed by atoms with Crippen LogP contribution < -0.4 is 15.4 Å². The van der Waals surface area contributed by atoms with Crippen molar-refractivity contribution in [3.8, 4) is 5.75 Å². The van der Waals surface area contributed by atoms with E-state index < -0.39 is 27.9 Å². The number of sulfone groups is 1. The summed E-state index contributed by atoms with van der Waals surface area (Å²) < 4.78 is 63.1. The molecule has 26 heavy (non-hydrogen) atoms. The second-order valence-electron chi connectivity index (χ2n) is 5.27.